The molecule has 0 N–H and O–H groups in total. The van der Waals surface area contributed by atoms with Crippen molar-refractivity contribution in [2.45, 2.75) is 71.5 Å². The van der Waals surface area contributed by atoms with Crippen LogP contribution < -0.4 is 14.3 Å². The summed E-state index contributed by atoms with van der Waals surface area (Å²) in [5, 5.41) is 5.19. The van der Waals surface area contributed by atoms with Gasteiger partial charge in [-0.15, -0.1) is 29.3 Å². The Kier molecular flexibility index (Phi) is 11.9. The molecule has 3 aromatic heterocycles. The number of halogens is 1. The average Bonchev–Trinajstić information content (AvgIpc) is 3.88. The fourth-order valence-electron chi connectivity index (χ4n) is 9.34. The SMILES string of the molecule is [CH2-]c1cc2oc3cc(-c4ccccc4)cc(F)c3c2cc1-c1cc(C(C)(C)C2CCCC2)cc[n+]1[CH2-].[CH2-]c1ccc2ccccc2c1-c1cc(C)c([Si](C)(C)C)c[n+]1[CH2-].[Ir]. The van der Waals surface area contributed by atoms with Gasteiger partial charge < -0.3 is 13.6 Å². The summed E-state index contributed by atoms with van der Waals surface area (Å²) >= 11 is 0. The van der Waals surface area contributed by atoms with Gasteiger partial charge in [0.15, 0.2) is 0 Å². The largest absolute Gasteiger partial charge is 0.469 e. The molecule has 1 radical (unpaired) electrons. The molecule has 0 unspecified atom stereocenters. The molecule has 0 saturated heterocycles. The zero-order valence-electron chi connectivity index (χ0n) is 35.8. The zero-order chi connectivity index (χ0) is 41.8. The van der Waals surface area contributed by atoms with Gasteiger partial charge in [-0.2, -0.15) is 31.0 Å². The van der Waals surface area contributed by atoms with Gasteiger partial charge in [0.2, 0.25) is 0 Å². The number of aryl methyl sites for hydroxylation is 1. The average molecular weight is 987 g/mol. The van der Waals surface area contributed by atoms with Crippen LogP contribution in [0.3, 0.4) is 0 Å². The van der Waals surface area contributed by atoms with Crippen LogP contribution in [0.2, 0.25) is 19.6 Å². The summed E-state index contributed by atoms with van der Waals surface area (Å²) < 4.78 is 25.6. The Hall–Kier alpha value is -5.26. The van der Waals surface area contributed by atoms with Crippen molar-refractivity contribution < 1.29 is 38.0 Å². The number of furan rings is 1. The molecule has 0 atom stereocenters. The third-order valence-corrected chi connectivity index (χ3v) is 14.9. The predicted molar refractivity (Wildman–Crippen MR) is 247 cm³/mol. The van der Waals surface area contributed by atoms with E-state index in [2.05, 4.69) is 129 Å². The summed E-state index contributed by atoms with van der Waals surface area (Å²) in [4.78, 5) is 0. The van der Waals surface area contributed by atoms with E-state index in [0.29, 0.717) is 22.5 Å². The molecule has 1 saturated carbocycles. The second-order valence-electron chi connectivity index (χ2n) is 18.1. The second-order valence-corrected chi connectivity index (χ2v) is 23.1. The van der Waals surface area contributed by atoms with Crippen LogP contribution in [0.25, 0.3) is 66.4 Å². The fraction of sp³-hybridized carbons (Fsp3) is 0.222. The van der Waals surface area contributed by atoms with Gasteiger partial charge in [-0.25, -0.2) is 4.39 Å². The molecule has 5 aromatic carbocycles. The monoisotopic (exact) mass is 987 g/mol. The number of aromatic nitrogens is 2. The molecule has 0 bridgehead atoms. The number of rotatable bonds is 6. The van der Waals surface area contributed by atoms with Crippen molar-refractivity contribution in [1.82, 2.24) is 0 Å². The van der Waals surface area contributed by atoms with Crippen LogP contribution in [0.5, 0.6) is 0 Å². The minimum Gasteiger partial charge on any atom is -0.469 e. The first kappa shape index (κ1) is 42.8. The summed E-state index contributed by atoms with van der Waals surface area (Å²) in [7, 11) is 7.14. The molecule has 1 aliphatic rings. The van der Waals surface area contributed by atoms with Crippen LogP contribution >= 0.6 is 0 Å². The van der Waals surface area contributed by atoms with Gasteiger partial charge in [0.05, 0.1) is 42.8 Å². The summed E-state index contributed by atoms with van der Waals surface area (Å²) in [6, 6.07) is 36.7. The predicted octanol–water partition coefficient (Wildman–Crippen LogP) is 13.1. The minimum absolute atomic E-state index is 0. The van der Waals surface area contributed by atoms with Crippen molar-refractivity contribution in [2.24, 2.45) is 5.92 Å². The Morgan fingerprint density at radius 1 is 0.717 bits per heavy atom. The Morgan fingerprint density at radius 3 is 2.13 bits per heavy atom. The molecular weight excluding hydrogens is 932 g/mol. The Bertz CT molecular complexity index is 2870. The van der Waals surface area contributed by atoms with Gasteiger partial charge >= 0.3 is 0 Å². The van der Waals surface area contributed by atoms with E-state index in [0.717, 1.165) is 44.6 Å². The number of pyridine rings is 2. The van der Waals surface area contributed by atoms with Crippen molar-refractivity contribution in [2.75, 3.05) is 0 Å². The van der Waals surface area contributed by atoms with E-state index in [1.807, 2.05) is 63.9 Å². The van der Waals surface area contributed by atoms with Gasteiger partial charge in [-0.1, -0.05) is 141 Å². The third kappa shape index (κ3) is 8.01. The van der Waals surface area contributed by atoms with Crippen LogP contribution in [0.15, 0.2) is 126 Å². The molecule has 9 rings (SSSR count). The first-order valence-corrected chi connectivity index (χ1v) is 24.3. The first-order chi connectivity index (χ1) is 28.1. The molecule has 3 nitrogen and oxygen atoms in total. The van der Waals surface area contributed by atoms with Gasteiger partial charge in [0, 0.05) is 39.6 Å². The van der Waals surface area contributed by atoms with E-state index in [1.165, 1.54) is 58.3 Å². The van der Waals surface area contributed by atoms with Crippen molar-refractivity contribution in [1.29, 1.82) is 0 Å². The standard InChI is InChI=1S/C33H31FNO.C21H24NSi.Ir/c1-21-16-30-27(32-28(34)17-23(18-31(32)36-30)22-10-6-5-7-11-22)20-26(21)29-19-25(14-15-35(29)4)33(2,3)24-12-8-9-13-24;1-15-11-12-17-9-7-8-10-18(17)21(15)19-13-16(2)20(14-22(19)3)23(4,5)6;/h5-7,10-11,14-20,24H,1,4,8-9,12-13H2,2-3H3;7-14H,1,3H2,2,4-6H3;/q2*-1;. The van der Waals surface area contributed by atoms with Crippen LogP contribution in [0.4, 0.5) is 4.39 Å². The van der Waals surface area contributed by atoms with Crippen molar-refractivity contribution in [3.05, 3.63) is 178 Å². The van der Waals surface area contributed by atoms with Crippen LogP contribution in [-0.4, -0.2) is 8.07 Å². The Labute approximate surface area is 370 Å². The van der Waals surface area contributed by atoms with E-state index in [4.69, 9.17) is 4.42 Å². The maximum Gasteiger partial charge on any atom is 0.137 e. The van der Waals surface area contributed by atoms with Crippen molar-refractivity contribution in [3.8, 4) is 33.6 Å². The third-order valence-electron chi connectivity index (χ3n) is 12.7. The summed E-state index contributed by atoms with van der Waals surface area (Å²) in [6.45, 7) is 22.6. The van der Waals surface area contributed by atoms with Gasteiger partial charge in [-0.05, 0) is 59.7 Å². The maximum atomic E-state index is 15.5. The van der Waals surface area contributed by atoms with Crippen LogP contribution in [0.1, 0.15) is 61.8 Å². The van der Waals surface area contributed by atoms with Crippen molar-refractivity contribution >= 4 is 46.0 Å². The van der Waals surface area contributed by atoms with Crippen LogP contribution in [0, 0.1) is 46.6 Å². The van der Waals surface area contributed by atoms with E-state index >= 15 is 4.39 Å². The molecule has 0 spiro atoms. The van der Waals surface area contributed by atoms with Crippen LogP contribution in [-0.2, 0) is 25.5 Å². The van der Waals surface area contributed by atoms with Gasteiger partial charge in [0.25, 0.3) is 0 Å². The molecular formula is C54H55FIrN2OSi-2. The summed E-state index contributed by atoms with van der Waals surface area (Å²) in [5.41, 5.74) is 11.8. The quantitative estimate of drug-likeness (QED) is 0.0924. The number of fused-ring (bicyclic) bond motifs is 4. The van der Waals surface area contributed by atoms with Gasteiger partial charge in [0.1, 0.15) is 11.4 Å². The number of benzene rings is 5. The van der Waals surface area contributed by atoms with E-state index in [1.54, 1.807) is 6.07 Å². The van der Waals surface area contributed by atoms with E-state index in [-0.39, 0.29) is 31.3 Å². The Morgan fingerprint density at radius 2 is 1.42 bits per heavy atom. The summed E-state index contributed by atoms with van der Waals surface area (Å²) in [5.74, 6) is 0.393. The first-order valence-electron chi connectivity index (χ1n) is 20.8. The van der Waals surface area contributed by atoms with Crippen molar-refractivity contribution in [3.63, 3.8) is 0 Å². The molecule has 3 heterocycles. The second kappa shape index (κ2) is 16.7. The Balaban J connectivity index is 0.000000197. The smallest absolute Gasteiger partial charge is 0.137 e. The van der Waals surface area contributed by atoms with E-state index in [9.17, 15) is 0 Å². The maximum absolute atomic E-state index is 15.5. The molecule has 60 heavy (non-hydrogen) atoms. The topological polar surface area (TPSA) is 20.9 Å². The molecule has 1 fully saturated rings. The number of nitrogens with zero attached hydrogens (tertiary/aromatic N) is 2. The van der Waals surface area contributed by atoms with E-state index < -0.39 is 8.07 Å². The molecule has 0 amide bonds. The number of hydrogen-bond acceptors (Lipinski definition) is 1. The molecule has 8 aromatic rings. The zero-order valence-corrected chi connectivity index (χ0v) is 39.2. The van der Waals surface area contributed by atoms with Gasteiger partial charge in [-0.3, -0.25) is 0 Å². The molecule has 0 aliphatic heterocycles. The normalized spacial score (nSPS) is 13.4. The number of hydrogen-bond donors (Lipinski definition) is 0. The molecule has 1 aliphatic carbocycles. The minimum atomic E-state index is -1.38. The molecule has 6 heteroatoms. The fourth-order valence-corrected chi connectivity index (χ4v) is 11.1. The summed E-state index contributed by atoms with van der Waals surface area (Å²) in [6.07, 6.45) is 9.43. The molecule has 309 valence electrons.